The van der Waals surface area contributed by atoms with E-state index < -0.39 is 0 Å². The van der Waals surface area contributed by atoms with Gasteiger partial charge in [0, 0.05) is 25.3 Å². The number of aromatic amines is 1. The summed E-state index contributed by atoms with van der Waals surface area (Å²) in [4.78, 5) is 1.24. The Morgan fingerprint density at radius 3 is 3.26 bits per heavy atom. The Labute approximate surface area is 117 Å². The average molecular weight is 277 g/mol. The number of ether oxygens (including phenoxy) is 1. The van der Waals surface area contributed by atoms with Crippen molar-refractivity contribution in [3.63, 3.8) is 0 Å². The molecule has 1 aliphatic rings. The van der Waals surface area contributed by atoms with E-state index >= 15 is 0 Å². The fourth-order valence-electron chi connectivity index (χ4n) is 2.42. The van der Waals surface area contributed by atoms with Gasteiger partial charge in [0.15, 0.2) is 0 Å². The molecule has 19 heavy (non-hydrogen) atoms. The monoisotopic (exact) mass is 277 g/mol. The molecule has 1 saturated heterocycles. The number of H-pyrrole nitrogens is 1. The maximum atomic E-state index is 5.72. The van der Waals surface area contributed by atoms with Crippen LogP contribution in [-0.4, -0.2) is 29.5 Å². The summed E-state index contributed by atoms with van der Waals surface area (Å²) in [7, 11) is 0. The summed E-state index contributed by atoms with van der Waals surface area (Å²) < 4.78 is 5.72. The van der Waals surface area contributed by atoms with E-state index in [0.717, 1.165) is 25.4 Å². The summed E-state index contributed by atoms with van der Waals surface area (Å²) in [6.07, 6.45) is 5.96. The van der Waals surface area contributed by atoms with Gasteiger partial charge >= 0.3 is 0 Å². The predicted octanol–water partition coefficient (Wildman–Crippen LogP) is 2.80. The van der Waals surface area contributed by atoms with E-state index in [1.165, 1.54) is 29.7 Å². The van der Waals surface area contributed by atoms with Gasteiger partial charge in [-0.2, -0.15) is 5.10 Å². The minimum absolute atomic E-state index is 0.380. The molecule has 0 bridgehead atoms. The van der Waals surface area contributed by atoms with Crippen LogP contribution >= 0.6 is 11.3 Å². The molecule has 1 fully saturated rings. The van der Waals surface area contributed by atoms with Crippen LogP contribution in [0.5, 0.6) is 0 Å². The van der Waals surface area contributed by atoms with E-state index in [1.807, 2.05) is 6.20 Å². The lowest BCUT2D eigenvalue weighted by Gasteiger charge is -2.22. The van der Waals surface area contributed by atoms with Crippen molar-refractivity contribution in [2.45, 2.75) is 31.9 Å². The first-order chi connectivity index (χ1) is 9.43. The molecule has 1 aliphatic heterocycles. The van der Waals surface area contributed by atoms with Crippen molar-refractivity contribution >= 4 is 11.3 Å². The SMILES string of the molecule is c1csc(-c2[nH]ncc2CNCC2CCCCO2)c1. The Hall–Kier alpha value is -1.17. The molecule has 2 N–H and O–H groups in total. The van der Waals surface area contributed by atoms with Crippen molar-refractivity contribution in [1.29, 1.82) is 0 Å². The summed E-state index contributed by atoms with van der Waals surface area (Å²) >= 11 is 1.73. The van der Waals surface area contributed by atoms with Crippen molar-refractivity contribution in [3.8, 4) is 10.6 Å². The molecule has 2 aromatic heterocycles. The fourth-order valence-corrected chi connectivity index (χ4v) is 3.17. The fraction of sp³-hybridized carbons (Fsp3) is 0.500. The molecular formula is C14H19N3OS. The third kappa shape index (κ3) is 3.23. The molecule has 0 saturated carbocycles. The molecule has 3 rings (SSSR count). The lowest BCUT2D eigenvalue weighted by molar-refractivity contribution is 0.0168. The largest absolute Gasteiger partial charge is 0.377 e. The van der Waals surface area contributed by atoms with Gasteiger partial charge in [-0.05, 0) is 30.7 Å². The lowest BCUT2D eigenvalue weighted by atomic mass is 10.1. The highest BCUT2D eigenvalue weighted by Gasteiger charge is 2.14. The number of nitrogens with one attached hydrogen (secondary N) is 2. The van der Waals surface area contributed by atoms with Crippen molar-refractivity contribution in [2.75, 3.05) is 13.2 Å². The molecule has 0 amide bonds. The first-order valence-corrected chi connectivity index (χ1v) is 7.70. The van der Waals surface area contributed by atoms with Crippen LogP contribution in [0, 0.1) is 0 Å². The zero-order valence-corrected chi connectivity index (χ0v) is 11.7. The van der Waals surface area contributed by atoms with E-state index in [1.54, 1.807) is 11.3 Å². The van der Waals surface area contributed by atoms with E-state index in [4.69, 9.17) is 4.74 Å². The number of aromatic nitrogens is 2. The number of nitrogens with zero attached hydrogens (tertiary/aromatic N) is 1. The Kier molecular flexibility index (Phi) is 4.27. The van der Waals surface area contributed by atoms with Crippen LogP contribution in [-0.2, 0) is 11.3 Å². The molecular weight excluding hydrogens is 258 g/mol. The molecule has 102 valence electrons. The zero-order chi connectivity index (χ0) is 12.9. The van der Waals surface area contributed by atoms with Gasteiger partial charge in [-0.15, -0.1) is 11.3 Å². The standard InChI is InChI=1S/C14H19N3OS/c1-2-6-18-12(4-1)10-15-8-11-9-16-17-14(11)13-5-3-7-19-13/h3,5,7,9,12,15H,1-2,4,6,8,10H2,(H,16,17). The molecule has 1 atom stereocenters. The highest BCUT2D eigenvalue weighted by molar-refractivity contribution is 7.13. The van der Waals surface area contributed by atoms with E-state index in [-0.39, 0.29) is 0 Å². The van der Waals surface area contributed by atoms with E-state index in [9.17, 15) is 0 Å². The second kappa shape index (κ2) is 6.32. The van der Waals surface area contributed by atoms with Crippen LogP contribution in [0.4, 0.5) is 0 Å². The minimum atomic E-state index is 0.380. The second-order valence-electron chi connectivity index (χ2n) is 4.87. The van der Waals surface area contributed by atoms with Gasteiger partial charge < -0.3 is 10.1 Å². The van der Waals surface area contributed by atoms with Crippen LogP contribution in [0.15, 0.2) is 23.7 Å². The number of hydrogen-bond acceptors (Lipinski definition) is 4. The third-order valence-electron chi connectivity index (χ3n) is 3.45. The number of rotatable bonds is 5. The first kappa shape index (κ1) is 12.8. The highest BCUT2D eigenvalue weighted by Crippen LogP contribution is 2.25. The molecule has 0 spiro atoms. The molecule has 1 unspecified atom stereocenters. The van der Waals surface area contributed by atoms with Crippen LogP contribution in [0.2, 0.25) is 0 Å². The summed E-state index contributed by atoms with van der Waals surface area (Å²) in [5.41, 5.74) is 2.35. The molecule has 0 aromatic carbocycles. The predicted molar refractivity (Wildman–Crippen MR) is 77.2 cm³/mol. The summed E-state index contributed by atoms with van der Waals surface area (Å²) in [6.45, 7) is 2.68. The average Bonchev–Trinajstić information content (AvgIpc) is 3.10. The van der Waals surface area contributed by atoms with Crippen LogP contribution in [0.1, 0.15) is 24.8 Å². The molecule has 5 heteroatoms. The summed E-state index contributed by atoms with van der Waals surface area (Å²) in [5.74, 6) is 0. The van der Waals surface area contributed by atoms with Crippen LogP contribution in [0.25, 0.3) is 10.6 Å². The van der Waals surface area contributed by atoms with Gasteiger partial charge in [-0.25, -0.2) is 0 Å². The Morgan fingerprint density at radius 2 is 2.47 bits per heavy atom. The number of hydrogen-bond donors (Lipinski definition) is 2. The third-order valence-corrected chi connectivity index (χ3v) is 4.33. The molecule has 3 heterocycles. The quantitative estimate of drug-likeness (QED) is 0.883. The summed E-state index contributed by atoms with van der Waals surface area (Å²) in [5, 5.41) is 12.8. The lowest BCUT2D eigenvalue weighted by Crippen LogP contribution is -2.31. The molecule has 0 radical (unpaired) electrons. The minimum Gasteiger partial charge on any atom is -0.377 e. The van der Waals surface area contributed by atoms with Crippen molar-refractivity contribution < 1.29 is 4.74 Å². The van der Waals surface area contributed by atoms with Crippen molar-refractivity contribution in [3.05, 3.63) is 29.3 Å². The van der Waals surface area contributed by atoms with E-state index in [0.29, 0.717) is 6.10 Å². The molecule has 2 aromatic rings. The normalized spacial score (nSPS) is 19.7. The van der Waals surface area contributed by atoms with Crippen LogP contribution in [0.3, 0.4) is 0 Å². The van der Waals surface area contributed by atoms with Gasteiger partial charge in [-0.1, -0.05) is 6.07 Å². The summed E-state index contributed by atoms with van der Waals surface area (Å²) in [6, 6.07) is 4.18. The first-order valence-electron chi connectivity index (χ1n) is 6.82. The molecule has 0 aliphatic carbocycles. The maximum Gasteiger partial charge on any atom is 0.0794 e. The zero-order valence-electron chi connectivity index (χ0n) is 10.9. The highest BCUT2D eigenvalue weighted by atomic mass is 32.1. The Morgan fingerprint density at radius 1 is 1.47 bits per heavy atom. The van der Waals surface area contributed by atoms with Crippen molar-refractivity contribution in [1.82, 2.24) is 15.5 Å². The smallest absolute Gasteiger partial charge is 0.0794 e. The Balaban J connectivity index is 1.54. The number of thiophene rings is 1. The Bertz CT molecular complexity index is 489. The van der Waals surface area contributed by atoms with Gasteiger partial charge in [-0.3, -0.25) is 5.10 Å². The van der Waals surface area contributed by atoms with E-state index in [2.05, 4.69) is 33.0 Å². The molecule has 4 nitrogen and oxygen atoms in total. The van der Waals surface area contributed by atoms with Gasteiger partial charge in [0.1, 0.15) is 0 Å². The maximum absolute atomic E-state index is 5.72. The van der Waals surface area contributed by atoms with Gasteiger partial charge in [0.05, 0.1) is 22.9 Å². The van der Waals surface area contributed by atoms with Crippen molar-refractivity contribution in [2.24, 2.45) is 0 Å². The van der Waals surface area contributed by atoms with Crippen LogP contribution < -0.4 is 5.32 Å². The topological polar surface area (TPSA) is 49.9 Å². The second-order valence-corrected chi connectivity index (χ2v) is 5.81. The van der Waals surface area contributed by atoms with Gasteiger partial charge in [0.25, 0.3) is 0 Å². The van der Waals surface area contributed by atoms with Gasteiger partial charge in [0.2, 0.25) is 0 Å².